The monoisotopic (exact) mass is 332 g/mol. The maximum atomic E-state index is 12.1. The van der Waals surface area contributed by atoms with E-state index < -0.39 is 6.10 Å². The summed E-state index contributed by atoms with van der Waals surface area (Å²) in [6, 6.07) is 24.7. The van der Waals surface area contributed by atoms with Crippen molar-refractivity contribution in [3.05, 3.63) is 95.6 Å². The van der Waals surface area contributed by atoms with Crippen LogP contribution >= 0.6 is 0 Å². The largest absolute Gasteiger partial charge is 0.457 e. The molecule has 3 aromatic rings. The molecule has 3 rings (SSSR count). The van der Waals surface area contributed by atoms with Crippen molar-refractivity contribution in [1.82, 2.24) is 0 Å². The van der Waals surface area contributed by atoms with Crippen LogP contribution in [-0.4, -0.2) is 11.1 Å². The van der Waals surface area contributed by atoms with Crippen LogP contribution in [0.2, 0.25) is 0 Å². The molecule has 0 radical (unpaired) electrons. The topological polar surface area (TPSA) is 46.5 Å². The first kappa shape index (κ1) is 16.9. The fourth-order valence-electron chi connectivity index (χ4n) is 2.56. The van der Waals surface area contributed by atoms with Crippen LogP contribution in [0, 0.1) is 0 Å². The number of benzene rings is 3. The number of aliphatic hydroxyl groups excluding tert-OH is 1. The van der Waals surface area contributed by atoms with Gasteiger partial charge in [-0.25, -0.2) is 4.79 Å². The first-order valence-corrected chi connectivity index (χ1v) is 8.23. The van der Waals surface area contributed by atoms with E-state index >= 15 is 0 Å². The van der Waals surface area contributed by atoms with Crippen LogP contribution in [0.5, 0.6) is 0 Å². The van der Waals surface area contributed by atoms with Crippen molar-refractivity contribution in [2.24, 2.45) is 0 Å². The molecule has 0 amide bonds. The van der Waals surface area contributed by atoms with Gasteiger partial charge >= 0.3 is 5.97 Å². The zero-order valence-electron chi connectivity index (χ0n) is 14.1. The number of aliphatic hydroxyl groups is 1. The molecule has 0 heterocycles. The Morgan fingerprint density at radius 1 is 0.880 bits per heavy atom. The number of carbonyl (C=O) groups excluding carboxylic acids is 1. The van der Waals surface area contributed by atoms with Crippen LogP contribution in [-0.2, 0) is 11.3 Å². The van der Waals surface area contributed by atoms with Gasteiger partial charge in [-0.2, -0.15) is 0 Å². The molecule has 0 aliphatic heterocycles. The molecule has 1 N–H and O–H groups in total. The standard InChI is InChI=1S/C22H20O3/c1-16(23)18-7-9-19(10-8-18)20-11-13-21(14-12-20)22(24)25-15-17-5-3-2-4-6-17/h2-14,16,23H,15H2,1H3. The Morgan fingerprint density at radius 2 is 1.44 bits per heavy atom. The van der Waals surface area contributed by atoms with Gasteiger partial charge in [0.25, 0.3) is 0 Å². The van der Waals surface area contributed by atoms with Crippen LogP contribution in [0.4, 0.5) is 0 Å². The van der Waals surface area contributed by atoms with E-state index in [1.54, 1.807) is 19.1 Å². The molecule has 126 valence electrons. The number of ether oxygens (including phenoxy) is 1. The van der Waals surface area contributed by atoms with Crippen LogP contribution < -0.4 is 0 Å². The predicted octanol–water partition coefficient (Wildman–Crippen LogP) is 4.76. The highest BCUT2D eigenvalue weighted by atomic mass is 16.5. The number of hydrogen-bond donors (Lipinski definition) is 1. The molecule has 3 aromatic carbocycles. The Hall–Kier alpha value is -2.91. The van der Waals surface area contributed by atoms with E-state index in [1.807, 2.05) is 66.7 Å². The lowest BCUT2D eigenvalue weighted by Gasteiger charge is -2.08. The molecule has 0 aliphatic carbocycles. The minimum absolute atomic E-state index is 0.266. The molecule has 0 spiro atoms. The molecule has 25 heavy (non-hydrogen) atoms. The Bertz CT molecular complexity index is 819. The molecule has 0 saturated heterocycles. The molecule has 3 nitrogen and oxygen atoms in total. The van der Waals surface area contributed by atoms with E-state index in [2.05, 4.69) is 0 Å². The summed E-state index contributed by atoms with van der Waals surface area (Å²) in [5, 5.41) is 9.56. The summed E-state index contributed by atoms with van der Waals surface area (Å²) in [5.41, 5.74) is 4.42. The fraction of sp³-hybridized carbons (Fsp3) is 0.136. The number of hydrogen-bond acceptors (Lipinski definition) is 3. The van der Waals surface area contributed by atoms with E-state index in [-0.39, 0.29) is 12.6 Å². The summed E-state index contributed by atoms with van der Waals surface area (Å²) in [6.07, 6.45) is -0.476. The molecule has 0 aromatic heterocycles. The molecular weight excluding hydrogens is 312 g/mol. The summed E-state index contributed by atoms with van der Waals surface area (Å²) in [4.78, 5) is 12.1. The SMILES string of the molecule is CC(O)c1ccc(-c2ccc(C(=O)OCc3ccccc3)cc2)cc1. The Labute approximate surface area is 147 Å². The summed E-state index contributed by atoms with van der Waals surface area (Å²) in [7, 11) is 0. The van der Waals surface area contributed by atoms with Crippen molar-refractivity contribution in [2.45, 2.75) is 19.6 Å². The zero-order valence-corrected chi connectivity index (χ0v) is 14.1. The van der Waals surface area contributed by atoms with Gasteiger partial charge in [0.15, 0.2) is 0 Å². The van der Waals surface area contributed by atoms with Gasteiger partial charge in [0.2, 0.25) is 0 Å². The molecule has 0 fully saturated rings. The molecular formula is C22H20O3. The number of esters is 1. The average Bonchev–Trinajstić information content (AvgIpc) is 2.67. The van der Waals surface area contributed by atoms with Crippen LogP contribution in [0.25, 0.3) is 11.1 Å². The van der Waals surface area contributed by atoms with Gasteiger partial charge in [-0.3, -0.25) is 0 Å². The fourth-order valence-corrected chi connectivity index (χ4v) is 2.56. The van der Waals surface area contributed by atoms with Crippen molar-refractivity contribution < 1.29 is 14.6 Å². The van der Waals surface area contributed by atoms with E-state index in [9.17, 15) is 9.90 Å². The van der Waals surface area contributed by atoms with E-state index in [0.717, 1.165) is 22.3 Å². The lowest BCUT2D eigenvalue weighted by molar-refractivity contribution is 0.0472. The third-order valence-electron chi connectivity index (χ3n) is 4.06. The summed E-state index contributed by atoms with van der Waals surface area (Å²) < 4.78 is 5.34. The third kappa shape index (κ3) is 4.34. The van der Waals surface area contributed by atoms with Crippen molar-refractivity contribution in [2.75, 3.05) is 0 Å². The van der Waals surface area contributed by atoms with Crippen molar-refractivity contribution in [1.29, 1.82) is 0 Å². The molecule has 0 saturated carbocycles. The first-order valence-electron chi connectivity index (χ1n) is 8.23. The average molecular weight is 332 g/mol. The second kappa shape index (κ2) is 7.77. The lowest BCUT2D eigenvalue weighted by Crippen LogP contribution is -2.05. The van der Waals surface area contributed by atoms with Gasteiger partial charge in [0.1, 0.15) is 6.61 Å². The van der Waals surface area contributed by atoms with Gasteiger partial charge in [-0.15, -0.1) is 0 Å². The van der Waals surface area contributed by atoms with Crippen LogP contribution in [0.15, 0.2) is 78.9 Å². The highest BCUT2D eigenvalue weighted by molar-refractivity contribution is 5.90. The van der Waals surface area contributed by atoms with Crippen molar-refractivity contribution in [3.8, 4) is 11.1 Å². The second-order valence-corrected chi connectivity index (χ2v) is 5.94. The quantitative estimate of drug-likeness (QED) is 0.685. The number of carbonyl (C=O) groups is 1. The van der Waals surface area contributed by atoms with Crippen LogP contribution in [0.3, 0.4) is 0 Å². The van der Waals surface area contributed by atoms with E-state index in [1.165, 1.54) is 0 Å². The van der Waals surface area contributed by atoms with Gasteiger partial charge < -0.3 is 9.84 Å². The molecule has 0 aliphatic rings. The molecule has 3 heteroatoms. The normalized spacial score (nSPS) is 11.8. The molecule has 0 bridgehead atoms. The summed E-state index contributed by atoms with van der Waals surface area (Å²) >= 11 is 0. The Balaban J connectivity index is 1.66. The highest BCUT2D eigenvalue weighted by Gasteiger charge is 2.08. The second-order valence-electron chi connectivity index (χ2n) is 5.94. The summed E-state index contributed by atoms with van der Waals surface area (Å²) in [6.45, 7) is 2.01. The lowest BCUT2D eigenvalue weighted by atomic mass is 10.0. The zero-order chi connectivity index (χ0) is 17.6. The maximum Gasteiger partial charge on any atom is 0.338 e. The Kier molecular flexibility index (Phi) is 5.26. The van der Waals surface area contributed by atoms with Gasteiger partial charge in [-0.1, -0.05) is 66.7 Å². The Morgan fingerprint density at radius 3 is 2.00 bits per heavy atom. The van der Waals surface area contributed by atoms with Gasteiger partial charge in [0, 0.05) is 0 Å². The smallest absolute Gasteiger partial charge is 0.338 e. The molecule has 1 unspecified atom stereocenters. The number of rotatable bonds is 5. The van der Waals surface area contributed by atoms with Crippen molar-refractivity contribution >= 4 is 5.97 Å². The van der Waals surface area contributed by atoms with Crippen molar-refractivity contribution in [3.63, 3.8) is 0 Å². The minimum atomic E-state index is -0.476. The van der Waals surface area contributed by atoms with Crippen LogP contribution in [0.1, 0.15) is 34.5 Å². The van der Waals surface area contributed by atoms with E-state index in [4.69, 9.17) is 4.74 Å². The minimum Gasteiger partial charge on any atom is -0.457 e. The predicted molar refractivity (Wildman–Crippen MR) is 98.1 cm³/mol. The maximum absolute atomic E-state index is 12.1. The van der Waals surface area contributed by atoms with E-state index in [0.29, 0.717) is 5.56 Å². The highest BCUT2D eigenvalue weighted by Crippen LogP contribution is 2.22. The summed E-state index contributed by atoms with van der Waals surface area (Å²) in [5.74, 6) is -0.333. The first-order chi connectivity index (χ1) is 12.1. The molecule has 1 atom stereocenters. The third-order valence-corrected chi connectivity index (χ3v) is 4.06. The van der Waals surface area contributed by atoms with Gasteiger partial charge in [-0.05, 0) is 41.3 Å². The van der Waals surface area contributed by atoms with Gasteiger partial charge in [0.05, 0.1) is 11.7 Å².